The van der Waals surface area contributed by atoms with Crippen molar-refractivity contribution in [2.24, 2.45) is 0 Å². The fourth-order valence-electron chi connectivity index (χ4n) is 3.07. The van der Waals surface area contributed by atoms with E-state index in [1.54, 1.807) is 12.1 Å². The first-order valence-corrected chi connectivity index (χ1v) is 9.83. The van der Waals surface area contributed by atoms with Crippen LogP contribution in [0.3, 0.4) is 0 Å². The monoisotopic (exact) mass is 390 g/mol. The van der Waals surface area contributed by atoms with Crippen LogP contribution in [0, 0.1) is 6.92 Å². The molecule has 2 aromatic carbocycles. The summed E-state index contributed by atoms with van der Waals surface area (Å²) in [6.45, 7) is 2.04. The number of benzene rings is 2. The van der Waals surface area contributed by atoms with E-state index in [-0.39, 0.29) is 23.9 Å². The van der Waals surface area contributed by atoms with Gasteiger partial charge < -0.3 is 5.32 Å². The van der Waals surface area contributed by atoms with Crippen LogP contribution in [-0.4, -0.2) is 32.0 Å². The molecule has 0 radical (unpaired) electrons. The van der Waals surface area contributed by atoms with E-state index in [9.17, 15) is 9.59 Å². The third kappa shape index (κ3) is 3.75. The highest BCUT2D eigenvalue weighted by molar-refractivity contribution is 7.99. The molecule has 0 spiro atoms. The number of carbonyl (C=O) groups excluding carboxylic acids is 2. The molecule has 4 rings (SSSR count). The number of nitrogens with zero attached hydrogens (tertiary/aromatic N) is 3. The van der Waals surface area contributed by atoms with Crippen molar-refractivity contribution in [3.8, 4) is 0 Å². The van der Waals surface area contributed by atoms with Crippen molar-refractivity contribution in [2.75, 3.05) is 11.1 Å². The number of para-hydroxylation sites is 2. The molecule has 0 fully saturated rings. The van der Waals surface area contributed by atoms with Crippen LogP contribution < -0.4 is 5.32 Å². The summed E-state index contributed by atoms with van der Waals surface area (Å²) in [5, 5.41) is 12.9. The minimum atomic E-state index is -0.316. The average Bonchev–Trinajstić information content (AvgIpc) is 3.10. The molecule has 0 unspecified atom stereocenters. The van der Waals surface area contributed by atoms with E-state index in [0.29, 0.717) is 10.8 Å². The lowest BCUT2D eigenvalue weighted by molar-refractivity contribution is -0.123. The molecule has 4 aromatic rings. The van der Waals surface area contributed by atoms with Crippen LogP contribution in [0.5, 0.6) is 0 Å². The number of ketones is 1. The molecule has 0 aliphatic carbocycles. The average molecular weight is 390 g/mol. The van der Waals surface area contributed by atoms with Gasteiger partial charge in [0, 0.05) is 11.1 Å². The Hall–Kier alpha value is -3.19. The van der Waals surface area contributed by atoms with Crippen LogP contribution in [0.15, 0.2) is 65.8 Å². The molecule has 6 nitrogen and oxygen atoms in total. The molecule has 0 aliphatic rings. The summed E-state index contributed by atoms with van der Waals surface area (Å²) in [5.74, 6) is -0.318. The third-order valence-electron chi connectivity index (χ3n) is 4.35. The van der Waals surface area contributed by atoms with Crippen molar-refractivity contribution < 1.29 is 9.59 Å². The number of anilines is 1. The summed E-state index contributed by atoms with van der Waals surface area (Å²) in [6, 6.07) is 19.1. The molecule has 28 heavy (non-hydrogen) atoms. The smallest absolute Gasteiger partial charge is 0.231 e. The first-order chi connectivity index (χ1) is 13.6. The van der Waals surface area contributed by atoms with Gasteiger partial charge in [-0.1, -0.05) is 48.2 Å². The summed E-state index contributed by atoms with van der Waals surface area (Å²) in [7, 11) is 0. The van der Waals surface area contributed by atoms with Gasteiger partial charge in [-0.3, -0.25) is 14.0 Å². The Balaban J connectivity index is 1.46. The Labute approximate surface area is 166 Å². The zero-order valence-electron chi connectivity index (χ0n) is 15.3. The van der Waals surface area contributed by atoms with Crippen molar-refractivity contribution >= 4 is 45.7 Å². The maximum Gasteiger partial charge on any atom is 0.231 e. The summed E-state index contributed by atoms with van der Waals surface area (Å²) in [6.07, 6.45) is -0.168. The van der Waals surface area contributed by atoms with E-state index in [1.165, 1.54) is 11.8 Å². The number of hydrogen-bond donors (Lipinski definition) is 1. The Morgan fingerprint density at radius 2 is 1.79 bits per heavy atom. The van der Waals surface area contributed by atoms with Crippen molar-refractivity contribution in [2.45, 2.75) is 18.5 Å². The molecule has 140 valence electrons. The van der Waals surface area contributed by atoms with Crippen LogP contribution in [0.4, 0.5) is 5.69 Å². The molecule has 2 heterocycles. The molecule has 2 aromatic heterocycles. The van der Waals surface area contributed by atoms with Crippen molar-refractivity contribution in [1.29, 1.82) is 0 Å². The number of pyridine rings is 1. The van der Waals surface area contributed by atoms with Gasteiger partial charge in [-0.05, 0) is 36.8 Å². The highest BCUT2D eigenvalue weighted by Crippen LogP contribution is 2.25. The molecular formula is C21H18N4O2S. The number of aromatic nitrogens is 3. The second-order valence-corrected chi connectivity index (χ2v) is 7.38. The van der Waals surface area contributed by atoms with Crippen LogP contribution in [0.1, 0.15) is 12.0 Å². The highest BCUT2D eigenvalue weighted by atomic mass is 32.2. The third-order valence-corrected chi connectivity index (χ3v) is 5.34. The standard InChI is InChI=1S/C21H18N4O2S/c1-14-11-19-23-24-21(25(19)18-10-6-5-9-17(14)18)28-13-16(26)12-20(27)22-15-7-3-2-4-8-15/h2-11H,12-13H2,1H3,(H,22,27). The summed E-state index contributed by atoms with van der Waals surface area (Å²) < 4.78 is 1.95. The van der Waals surface area contributed by atoms with E-state index in [1.807, 2.05) is 53.8 Å². The number of hydrogen-bond acceptors (Lipinski definition) is 5. The quantitative estimate of drug-likeness (QED) is 0.399. The molecule has 0 bridgehead atoms. The fourth-order valence-corrected chi connectivity index (χ4v) is 3.88. The van der Waals surface area contributed by atoms with E-state index >= 15 is 0 Å². The van der Waals surface area contributed by atoms with Gasteiger partial charge >= 0.3 is 0 Å². The van der Waals surface area contributed by atoms with E-state index in [4.69, 9.17) is 0 Å². The van der Waals surface area contributed by atoms with Gasteiger partial charge in [-0.25, -0.2) is 0 Å². The van der Waals surface area contributed by atoms with Crippen molar-refractivity contribution in [3.05, 3.63) is 66.2 Å². The highest BCUT2D eigenvalue weighted by Gasteiger charge is 2.15. The van der Waals surface area contributed by atoms with E-state index in [2.05, 4.69) is 21.6 Å². The molecule has 0 aliphatic heterocycles. The Bertz CT molecular complexity index is 1170. The largest absolute Gasteiger partial charge is 0.326 e. The normalized spacial score (nSPS) is 11.0. The maximum atomic E-state index is 12.3. The molecule has 0 saturated heterocycles. The van der Waals surface area contributed by atoms with Gasteiger partial charge in [0.1, 0.15) is 0 Å². The Kier molecular flexibility index (Phi) is 5.08. The second kappa shape index (κ2) is 7.82. The minimum absolute atomic E-state index is 0.158. The molecule has 1 amide bonds. The number of thioether (sulfide) groups is 1. The van der Waals surface area contributed by atoms with Crippen molar-refractivity contribution in [1.82, 2.24) is 14.6 Å². The van der Waals surface area contributed by atoms with Crippen molar-refractivity contribution in [3.63, 3.8) is 0 Å². The first kappa shape index (κ1) is 18.2. The molecular weight excluding hydrogens is 372 g/mol. The van der Waals surface area contributed by atoms with Gasteiger partial charge in [0.05, 0.1) is 17.7 Å². The van der Waals surface area contributed by atoms with Gasteiger partial charge in [-0.2, -0.15) is 0 Å². The number of nitrogens with one attached hydrogen (secondary N) is 1. The molecule has 7 heteroatoms. The SMILES string of the molecule is Cc1cc2nnc(SCC(=O)CC(=O)Nc3ccccc3)n2c2ccccc12. The summed E-state index contributed by atoms with van der Waals surface area (Å²) >= 11 is 1.29. The van der Waals surface area contributed by atoms with Crippen LogP contribution in [0.2, 0.25) is 0 Å². The van der Waals surface area contributed by atoms with Gasteiger partial charge in [-0.15, -0.1) is 10.2 Å². The number of Topliss-reactive ketones (excluding diaryl/α,β-unsaturated/α-hetero) is 1. The van der Waals surface area contributed by atoms with Crippen LogP contribution in [-0.2, 0) is 9.59 Å². The minimum Gasteiger partial charge on any atom is -0.326 e. The number of rotatable bonds is 6. The predicted octanol–water partition coefficient (Wildman–Crippen LogP) is 3.88. The predicted molar refractivity (Wildman–Crippen MR) is 111 cm³/mol. The zero-order chi connectivity index (χ0) is 19.5. The number of aryl methyl sites for hydroxylation is 1. The first-order valence-electron chi connectivity index (χ1n) is 8.85. The number of carbonyl (C=O) groups is 2. The second-order valence-electron chi connectivity index (χ2n) is 6.44. The van der Waals surface area contributed by atoms with Crippen LogP contribution >= 0.6 is 11.8 Å². The molecule has 1 N–H and O–H groups in total. The van der Waals surface area contributed by atoms with Gasteiger partial charge in [0.2, 0.25) is 5.91 Å². The lowest BCUT2D eigenvalue weighted by Gasteiger charge is -2.07. The lowest BCUT2D eigenvalue weighted by Crippen LogP contribution is -2.17. The van der Waals surface area contributed by atoms with Gasteiger partial charge in [0.25, 0.3) is 0 Å². The number of amides is 1. The topological polar surface area (TPSA) is 76.4 Å². The molecule has 0 saturated carbocycles. The summed E-state index contributed by atoms with van der Waals surface area (Å²) in [5.41, 5.74) is 3.55. The van der Waals surface area contributed by atoms with E-state index < -0.39 is 0 Å². The summed E-state index contributed by atoms with van der Waals surface area (Å²) in [4.78, 5) is 24.3. The Morgan fingerprint density at radius 1 is 1.04 bits per heavy atom. The lowest BCUT2D eigenvalue weighted by atomic mass is 10.1. The Morgan fingerprint density at radius 3 is 2.61 bits per heavy atom. The maximum absolute atomic E-state index is 12.3. The van der Waals surface area contributed by atoms with E-state index in [0.717, 1.165) is 22.1 Å². The molecule has 0 atom stereocenters. The van der Waals surface area contributed by atoms with Crippen LogP contribution in [0.25, 0.3) is 16.6 Å². The zero-order valence-corrected chi connectivity index (χ0v) is 16.1. The fraction of sp³-hybridized carbons (Fsp3) is 0.143. The van der Waals surface area contributed by atoms with Gasteiger partial charge in [0.15, 0.2) is 16.6 Å². The number of fused-ring (bicyclic) bond motifs is 3.